The standard InChI is InChI=1S/C55H63ClN6O8S/c1-33-26-44(49(65)58-29-35-10-12-36(13-11-35)46-34(2)59-32-71-46)62(30-33)50(66)47(53(3,4)5)60-45(63)31-67-24-25-68-39-20-22-41(23-21-39)69-40-17-14-37(15-18-40)48(64)61-51-54(6,7)52(55(51,8)9)70-42-19-16-38(28-57)43(56)27-42/h10-23,27,32-33,44,47,51-52H,24-26,29-31H2,1-9H3,(H,58,65)(H,60,63)(H,61,64)/t33-,44+,47-,51?,52?/m1/s1. The zero-order valence-electron chi connectivity index (χ0n) is 41.8. The van der Waals surface area contributed by atoms with Crippen LogP contribution >= 0.6 is 22.9 Å². The Bertz CT molecular complexity index is 2730. The average Bonchev–Trinajstić information content (AvgIpc) is 3.95. The molecule has 1 aliphatic heterocycles. The molecule has 1 aromatic heterocycles. The highest BCUT2D eigenvalue weighted by Crippen LogP contribution is 2.55. The number of benzene rings is 4. The van der Waals surface area contributed by atoms with Gasteiger partial charge in [-0.15, -0.1) is 11.3 Å². The van der Waals surface area contributed by atoms with Gasteiger partial charge < -0.3 is 39.8 Å². The molecular weight excluding hydrogens is 940 g/mol. The second kappa shape index (κ2) is 21.9. The van der Waals surface area contributed by atoms with Crippen LogP contribution in [-0.2, 0) is 25.7 Å². The van der Waals surface area contributed by atoms with Crippen LogP contribution in [-0.4, -0.2) is 84.1 Å². The molecule has 71 heavy (non-hydrogen) atoms. The topological polar surface area (TPSA) is 181 Å². The number of amides is 4. The van der Waals surface area contributed by atoms with Crippen molar-refractivity contribution in [2.24, 2.45) is 22.2 Å². The normalized spacial score (nSPS) is 19.4. The van der Waals surface area contributed by atoms with Gasteiger partial charge in [0.1, 0.15) is 60.5 Å². The smallest absolute Gasteiger partial charge is 0.251 e. The van der Waals surface area contributed by atoms with Crippen molar-refractivity contribution in [1.29, 1.82) is 5.26 Å². The quantitative estimate of drug-likeness (QED) is 0.0716. The highest BCUT2D eigenvalue weighted by Gasteiger charge is 2.64. The Hall–Kier alpha value is -6.47. The number of nitrogens with zero attached hydrogens (tertiary/aromatic N) is 3. The van der Waals surface area contributed by atoms with E-state index in [9.17, 15) is 24.4 Å². The number of hydrogen-bond donors (Lipinski definition) is 3. The number of rotatable bonds is 18. The van der Waals surface area contributed by atoms with Gasteiger partial charge in [-0.05, 0) is 96.5 Å². The van der Waals surface area contributed by atoms with Gasteiger partial charge >= 0.3 is 0 Å². The number of nitriles is 1. The molecule has 0 unspecified atom stereocenters. The van der Waals surface area contributed by atoms with Crippen LogP contribution in [0.15, 0.2) is 96.5 Å². The molecule has 2 aliphatic rings. The zero-order valence-corrected chi connectivity index (χ0v) is 43.3. The fourth-order valence-corrected chi connectivity index (χ4v) is 10.8. The molecule has 0 spiro atoms. The van der Waals surface area contributed by atoms with Crippen molar-refractivity contribution in [2.75, 3.05) is 26.4 Å². The number of ether oxygens (including phenoxy) is 4. The number of thiazole rings is 1. The number of carbonyl (C=O) groups is 4. The molecule has 3 atom stereocenters. The summed E-state index contributed by atoms with van der Waals surface area (Å²) in [4.78, 5) is 61.3. The van der Waals surface area contributed by atoms with E-state index in [1.807, 2.05) is 64.4 Å². The Kier molecular flexibility index (Phi) is 16.1. The molecule has 1 saturated carbocycles. The van der Waals surface area contributed by atoms with Gasteiger partial charge in [0.25, 0.3) is 5.91 Å². The minimum Gasteiger partial charge on any atom is -0.491 e. The fraction of sp³-hybridized carbons (Fsp3) is 0.418. The van der Waals surface area contributed by atoms with Gasteiger partial charge in [0.05, 0.1) is 33.3 Å². The van der Waals surface area contributed by atoms with E-state index >= 15 is 0 Å². The molecule has 3 N–H and O–H groups in total. The van der Waals surface area contributed by atoms with E-state index in [0.717, 1.165) is 21.7 Å². The maximum atomic E-state index is 14.1. The molecule has 14 nitrogen and oxygen atoms in total. The SMILES string of the molecule is Cc1ncsc1-c1ccc(CNC(=O)[C@@H]2C[C@@H](C)CN2C(=O)[C@@H](NC(=O)COCCOc2ccc(Oc3ccc(C(=O)NC4C(C)(C)C(Oc5ccc(C#N)c(Cl)c5)C4(C)C)cc3)cc2)C(C)(C)C)cc1. The van der Waals surface area contributed by atoms with E-state index in [0.29, 0.717) is 58.7 Å². The number of halogens is 1. The molecule has 16 heteroatoms. The third kappa shape index (κ3) is 12.4. The number of aromatic nitrogens is 1. The number of aryl methyl sites for hydroxylation is 1. The van der Waals surface area contributed by atoms with Gasteiger partial charge in [-0.2, -0.15) is 5.26 Å². The minimum absolute atomic E-state index is 0.111. The first-order chi connectivity index (χ1) is 33.6. The lowest BCUT2D eigenvalue weighted by molar-refractivity contribution is -0.164. The van der Waals surface area contributed by atoms with Crippen molar-refractivity contribution in [3.63, 3.8) is 0 Å². The van der Waals surface area contributed by atoms with Crippen molar-refractivity contribution >= 4 is 46.6 Å². The van der Waals surface area contributed by atoms with Crippen molar-refractivity contribution in [2.45, 2.75) is 99.5 Å². The summed E-state index contributed by atoms with van der Waals surface area (Å²) in [5.74, 6) is 1.18. The molecule has 1 saturated heterocycles. The third-order valence-electron chi connectivity index (χ3n) is 13.3. The number of hydrogen-bond acceptors (Lipinski definition) is 11. The minimum atomic E-state index is -0.882. The van der Waals surface area contributed by atoms with Crippen molar-refractivity contribution in [3.05, 3.63) is 124 Å². The summed E-state index contributed by atoms with van der Waals surface area (Å²) in [5, 5.41) is 18.7. The van der Waals surface area contributed by atoms with Crippen LogP contribution in [0.5, 0.6) is 23.0 Å². The maximum absolute atomic E-state index is 14.1. The molecule has 0 radical (unpaired) electrons. The Morgan fingerprint density at radius 1 is 0.901 bits per heavy atom. The van der Waals surface area contributed by atoms with E-state index in [4.69, 9.17) is 30.5 Å². The predicted octanol–water partition coefficient (Wildman–Crippen LogP) is 9.53. The lowest BCUT2D eigenvalue weighted by atomic mass is 9.49. The van der Waals surface area contributed by atoms with Gasteiger partial charge in [-0.3, -0.25) is 19.2 Å². The largest absolute Gasteiger partial charge is 0.491 e. The van der Waals surface area contributed by atoms with Gasteiger partial charge in [0.15, 0.2) is 0 Å². The highest BCUT2D eigenvalue weighted by atomic mass is 35.5. The Morgan fingerprint density at radius 2 is 1.54 bits per heavy atom. The Morgan fingerprint density at radius 3 is 2.14 bits per heavy atom. The lowest BCUT2D eigenvalue weighted by Crippen LogP contribution is -2.74. The number of carbonyl (C=O) groups excluding carboxylic acids is 4. The first-order valence-corrected chi connectivity index (χ1v) is 25.0. The number of likely N-dealkylation sites (tertiary alicyclic amines) is 1. The van der Waals surface area contributed by atoms with Crippen LogP contribution < -0.4 is 30.2 Å². The Labute approximate surface area is 425 Å². The van der Waals surface area contributed by atoms with E-state index in [1.165, 1.54) is 0 Å². The Balaban J connectivity index is 0.823. The first kappa shape index (κ1) is 52.4. The van der Waals surface area contributed by atoms with E-state index < -0.39 is 34.2 Å². The molecule has 7 rings (SSSR count). The predicted molar refractivity (Wildman–Crippen MR) is 273 cm³/mol. The molecule has 2 fully saturated rings. The fourth-order valence-electron chi connectivity index (χ4n) is 9.82. The average molecular weight is 1000 g/mol. The first-order valence-electron chi connectivity index (χ1n) is 23.8. The summed E-state index contributed by atoms with van der Waals surface area (Å²) in [6, 6.07) is 27.3. The van der Waals surface area contributed by atoms with E-state index in [2.05, 4.69) is 54.7 Å². The molecule has 0 bridgehead atoms. The van der Waals surface area contributed by atoms with Crippen LogP contribution in [0.3, 0.4) is 0 Å². The van der Waals surface area contributed by atoms with Crippen molar-refractivity contribution in [3.8, 4) is 39.5 Å². The summed E-state index contributed by atoms with van der Waals surface area (Å²) in [6.45, 7) is 18.6. The number of nitrogens with one attached hydrogen (secondary N) is 3. The second-order valence-electron chi connectivity index (χ2n) is 20.7. The van der Waals surface area contributed by atoms with Crippen LogP contribution in [0, 0.1) is 40.4 Å². The molecule has 1 aliphatic carbocycles. The van der Waals surface area contributed by atoms with Crippen LogP contribution in [0.25, 0.3) is 10.4 Å². The summed E-state index contributed by atoms with van der Waals surface area (Å²) in [5.41, 5.74) is 4.25. The summed E-state index contributed by atoms with van der Waals surface area (Å²) in [7, 11) is 0. The van der Waals surface area contributed by atoms with E-state index in [1.54, 1.807) is 83.0 Å². The molecular formula is C55H63ClN6O8S. The van der Waals surface area contributed by atoms with E-state index in [-0.39, 0.29) is 55.6 Å². The second-order valence-corrected chi connectivity index (χ2v) is 22.0. The summed E-state index contributed by atoms with van der Waals surface area (Å²) < 4.78 is 23.9. The molecule has 4 aromatic carbocycles. The third-order valence-corrected chi connectivity index (χ3v) is 14.6. The maximum Gasteiger partial charge on any atom is 0.251 e. The van der Waals surface area contributed by atoms with Crippen LogP contribution in [0.1, 0.15) is 89.0 Å². The van der Waals surface area contributed by atoms with Gasteiger partial charge in [0, 0.05) is 41.6 Å². The van der Waals surface area contributed by atoms with Crippen molar-refractivity contribution in [1.82, 2.24) is 25.8 Å². The molecule has 5 aromatic rings. The molecule has 2 heterocycles. The van der Waals surface area contributed by atoms with Gasteiger partial charge in [-0.1, -0.05) is 91.3 Å². The van der Waals surface area contributed by atoms with Gasteiger partial charge in [0.2, 0.25) is 17.7 Å². The van der Waals surface area contributed by atoms with Crippen LogP contribution in [0.4, 0.5) is 0 Å². The molecule has 374 valence electrons. The summed E-state index contributed by atoms with van der Waals surface area (Å²) in [6.07, 6.45) is 0.304. The summed E-state index contributed by atoms with van der Waals surface area (Å²) >= 11 is 7.83. The zero-order chi connectivity index (χ0) is 51.3. The van der Waals surface area contributed by atoms with Crippen molar-refractivity contribution < 1.29 is 38.1 Å². The van der Waals surface area contributed by atoms with Crippen LogP contribution in [0.2, 0.25) is 5.02 Å². The molecule has 4 amide bonds. The highest BCUT2D eigenvalue weighted by molar-refractivity contribution is 7.13. The monoisotopic (exact) mass is 1000 g/mol. The lowest BCUT2D eigenvalue weighted by Gasteiger charge is -2.63. The van der Waals surface area contributed by atoms with Gasteiger partial charge in [-0.25, -0.2) is 4.98 Å².